The lowest BCUT2D eigenvalue weighted by Gasteiger charge is -2.17. The van der Waals surface area contributed by atoms with Gasteiger partial charge in [0.2, 0.25) is 11.1 Å². The minimum atomic E-state index is -0.00452. The molecule has 0 radical (unpaired) electrons. The third-order valence-corrected chi connectivity index (χ3v) is 5.17. The Bertz CT molecular complexity index is 671. The van der Waals surface area contributed by atoms with Crippen molar-refractivity contribution in [1.82, 2.24) is 25.5 Å². The van der Waals surface area contributed by atoms with Gasteiger partial charge in [-0.05, 0) is 47.4 Å². The minimum Gasteiger partial charge on any atom is -0.349 e. The Morgan fingerprint density at radius 3 is 2.83 bits per heavy atom. The van der Waals surface area contributed by atoms with Crippen LogP contribution in [0.5, 0.6) is 0 Å². The quantitative estimate of drug-likeness (QED) is 0.728. The first-order chi connectivity index (χ1) is 11.2. The monoisotopic (exact) mass is 395 g/mol. The van der Waals surface area contributed by atoms with Crippen molar-refractivity contribution in [3.8, 4) is 0 Å². The zero-order chi connectivity index (χ0) is 16.2. The van der Waals surface area contributed by atoms with Gasteiger partial charge in [0.25, 0.3) is 0 Å². The molecule has 0 spiro atoms. The van der Waals surface area contributed by atoms with Gasteiger partial charge in [0.05, 0.1) is 17.8 Å². The Balaban J connectivity index is 1.55. The maximum absolute atomic E-state index is 12.2. The highest BCUT2D eigenvalue weighted by Crippen LogP contribution is 2.36. The number of hydrogen-bond donors (Lipinski definition) is 1. The number of nitrogens with zero attached hydrogens (tertiary/aromatic N) is 4. The van der Waals surface area contributed by atoms with Crippen molar-refractivity contribution in [2.45, 2.75) is 43.4 Å². The van der Waals surface area contributed by atoms with E-state index in [2.05, 4.69) is 43.7 Å². The van der Waals surface area contributed by atoms with E-state index in [4.69, 9.17) is 0 Å². The van der Waals surface area contributed by atoms with E-state index in [0.29, 0.717) is 11.8 Å². The van der Waals surface area contributed by atoms with Crippen LogP contribution in [-0.2, 0) is 4.79 Å². The number of halogens is 1. The van der Waals surface area contributed by atoms with Crippen LogP contribution >= 0.6 is 27.7 Å². The largest absolute Gasteiger partial charge is 0.349 e. The Kier molecular flexibility index (Phi) is 5.32. The number of aromatic nitrogens is 4. The molecule has 8 heteroatoms. The van der Waals surface area contributed by atoms with Gasteiger partial charge in [-0.3, -0.25) is 4.79 Å². The zero-order valence-corrected chi connectivity index (χ0v) is 15.2. The molecule has 0 aliphatic heterocycles. The van der Waals surface area contributed by atoms with Crippen LogP contribution in [0.2, 0.25) is 0 Å². The standard InChI is InChI=1S/C15H18BrN5OS/c1-2-13(10-3-5-11(16)6-4-10)17-14(22)9-23-15-18-19-20-21(15)12-7-8-12/h3-6,12-13H,2,7-9H2,1H3,(H,17,22)/t13-/m1/s1. The lowest BCUT2D eigenvalue weighted by atomic mass is 10.0. The summed E-state index contributed by atoms with van der Waals surface area (Å²) in [5, 5.41) is 15.5. The first-order valence-corrected chi connectivity index (χ1v) is 9.40. The van der Waals surface area contributed by atoms with Crippen LogP contribution in [0.4, 0.5) is 0 Å². The summed E-state index contributed by atoms with van der Waals surface area (Å²) in [6.07, 6.45) is 3.08. The van der Waals surface area contributed by atoms with Gasteiger partial charge in [0.1, 0.15) is 0 Å². The molecule has 1 aliphatic carbocycles. The second-order valence-electron chi connectivity index (χ2n) is 5.51. The fraction of sp³-hybridized carbons (Fsp3) is 0.467. The molecule has 1 saturated carbocycles. The van der Waals surface area contributed by atoms with Gasteiger partial charge in [0.15, 0.2) is 0 Å². The van der Waals surface area contributed by atoms with Crippen molar-refractivity contribution in [1.29, 1.82) is 0 Å². The summed E-state index contributed by atoms with van der Waals surface area (Å²) in [5.74, 6) is 0.315. The summed E-state index contributed by atoms with van der Waals surface area (Å²) in [7, 11) is 0. The van der Waals surface area contributed by atoms with Gasteiger partial charge in [-0.25, -0.2) is 4.68 Å². The maximum Gasteiger partial charge on any atom is 0.230 e. The van der Waals surface area contributed by atoms with Crippen molar-refractivity contribution in [2.75, 3.05) is 5.75 Å². The molecule has 23 heavy (non-hydrogen) atoms. The number of amides is 1. The van der Waals surface area contributed by atoms with Gasteiger partial charge in [0, 0.05) is 4.47 Å². The fourth-order valence-corrected chi connectivity index (χ4v) is 3.33. The molecule has 6 nitrogen and oxygen atoms in total. The predicted molar refractivity (Wildman–Crippen MR) is 92.1 cm³/mol. The van der Waals surface area contributed by atoms with E-state index in [1.807, 2.05) is 28.9 Å². The van der Waals surface area contributed by atoms with Crippen LogP contribution in [-0.4, -0.2) is 31.9 Å². The molecule has 1 aromatic carbocycles. The van der Waals surface area contributed by atoms with E-state index in [1.165, 1.54) is 11.8 Å². The van der Waals surface area contributed by atoms with E-state index >= 15 is 0 Å². The zero-order valence-electron chi connectivity index (χ0n) is 12.8. The summed E-state index contributed by atoms with van der Waals surface area (Å²) in [5.41, 5.74) is 1.11. The number of carbonyl (C=O) groups is 1. The molecule has 1 atom stereocenters. The second-order valence-corrected chi connectivity index (χ2v) is 7.36. The van der Waals surface area contributed by atoms with Crippen LogP contribution in [0.15, 0.2) is 33.9 Å². The molecule has 1 fully saturated rings. The Labute approximate surface area is 147 Å². The maximum atomic E-state index is 12.2. The second kappa shape index (κ2) is 7.44. The van der Waals surface area contributed by atoms with Gasteiger partial charge >= 0.3 is 0 Å². The highest BCUT2D eigenvalue weighted by Gasteiger charge is 2.28. The van der Waals surface area contributed by atoms with Crippen molar-refractivity contribution in [3.05, 3.63) is 34.3 Å². The normalized spacial score (nSPS) is 15.4. The van der Waals surface area contributed by atoms with Crippen molar-refractivity contribution in [3.63, 3.8) is 0 Å². The van der Waals surface area contributed by atoms with Gasteiger partial charge in [-0.2, -0.15) is 0 Å². The summed E-state index contributed by atoms with van der Waals surface area (Å²) >= 11 is 4.81. The van der Waals surface area contributed by atoms with Crippen LogP contribution < -0.4 is 5.32 Å². The highest BCUT2D eigenvalue weighted by atomic mass is 79.9. The average molecular weight is 396 g/mol. The summed E-state index contributed by atoms with van der Waals surface area (Å²) in [4.78, 5) is 12.2. The van der Waals surface area contributed by atoms with E-state index in [1.54, 1.807) is 0 Å². The Morgan fingerprint density at radius 2 is 2.17 bits per heavy atom. The van der Waals surface area contributed by atoms with Crippen LogP contribution in [0.3, 0.4) is 0 Å². The predicted octanol–water partition coefficient (Wildman–Crippen LogP) is 3.13. The molecule has 2 aromatic rings. The third kappa shape index (κ3) is 4.32. The summed E-state index contributed by atoms with van der Waals surface area (Å²) < 4.78 is 2.86. The Morgan fingerprint density at radius 1 is 1.43 bits per heavy atom. The summed E-state index contributed by atoms with van der Waals surface area (Å²) in [6, 6.07) is 8.47. The molecule has 1 aromatic heterocycles. The topological polar surface area (TPSA) is 72.7 Å². The molecule has 1 heterocycles. The van der Waals surface area contributed by atoms with Crippen LogP contribution in [0, 0.1) is 0 Å². The van der Waals surface area contributed by atoms with Gasteiger partial charge in [-0.1, -0.05) is 46.7 Å². The van der Waals surface area contributed by atoms with Crippen molar-refractivity contribution in [2.24, 2.45) is 0 Å². The minimum absolute atomic E-state index is 0.00452. The molecular formula is C15H18BrN5OS. The van der Waals surface area contributed by atoms with E-state index in [9.17, 15) is 4.79 Å². The highest BCUT2D eigenvalue weighted by molar-refractivity contribution is 9.10. The number of hydrogen-bond acceptors (Lipinski definition) is 5. The molecule has 122 valence electrons. The number of nitrogens with one attached hydrogen (secondary N) is 1. The molecule has 3 rings (SSSR count). The van der Waals surface area contributed by atoms with Crippen LogP contribution in [0.1, 0.15) is 43.8 Å². The van der Waals surface area contributed by atoms with E-state index in [0.717, 1.165) is 34.5 Å². The molecule has 1 amide bonds. The van der Waals surface area contributed by atoms with Crippen molar-refractivity contribution < 1.29 is 4.79 Å². The molecule has 0 saturated heterocycles. The lowest BCUT2D eigenvalue weighted by Crippen LogP contribution is -2.29. The SMILES string of the molecule is CC[C@@H](NC(=O)CSc1nnnn1C1CC1)c1ccc(Br)cc1. The van der Waals surface area contributed by atoms with Gasteiger partial charge < -0.3 is 5.32 Å². The number of thioether (sulfide) groups is 1. The van der Waals surface area contributed by atoms with Gasteiger partial charge in [-0.15, -0.1) is 5.10 Å². The summed E-state index contributed by atoms with van der Waals surface area (Å²) in [6.45, 7) is 2.06. The number of rotatable bonds is 7. The number of tetrazole rings is 1. The Hall–Kier alpha value is -1.41. The molecule has 0 unspecified atom stereocenters. The molecule has 1 aliphatic rings. The number of benzene rings is 1. The number of carbonyl (C=O) groups excluding carboxylic acids is 1. The van der Waals surface area contributed by atoms with E-state index in [-0.39, 0.29) is 11.9 Å². The average Bonchev–Trinajstić information content (AvgIpc) is 3.30. The van der Waals surface area contributed by atoms with Crippen molar-refractivity contribution >= 4 is 33.6 Å². The molecule has 1 N–H and O–H groups in total. The third-order valence-electron chi connectivity index (χ3n) is 3.70. The van der Waals surface area contributed by atoms with E-state index < -0.39 is 0 Å². The molecule has 0 bridgehead atoms. The fourth-order valence-electron chi connectivity index (χ4n) is 2.31. The molecular weight excluding hydrogens is 378 g/mol. The smallest absolute Gasteiger partial charge is 0.230 e. The lowest BCUT2D eigenvalue weighted by molar-refractivity contribution is -0.119. The first kappa shape index (κ1) is 16.4. The van der Waals surface area contributed by atoms with Crippen LogP contribution in [0.25, 0.3) is 0 Å². The first-order valence-electron chi connectivity index (χ1n) is 7.63.